The van der Waals surface area contributed by atoms with Gasteiger partial charge < -0.3 is 10.0 Å². The van der Waals surface area contributed by atoms with Crippen LogP contribution in [0.15, 0.2) is 24.3 Å². The first-order valence-electron chi connectivity index (χ1n) is 13.5. The summed E-state index contributed by atoms with van der Waals surface area (Å²) in [6.45, 7) is -0.376. The average Bonchev–Trinajstić information content (AvgIpc) is 2.81. The maximum absolute atomic E-state index is 13.6. The molecule has 2 unspecified atom stereocenters. The summed E-state index contributed by atoms with van der Waals surface area (Å²) in [5, 5.41) is 9.47. The van der Waals surface area contributed by atoms with Crippen molar-refractivity contribution in [1.82, 2.24) is 14.7 Å². The van der Waals surface area contributed by atoms with Gasteiger partial charge in [-0.05, 0) is 56.8 Å². The minimum atomic E-state index is -1.04. The summed E-state index contributed by atoms with van der Waals surface area (Å²) >= 11 is 0. The molecule has 2 saturated carbocycles. The summed E-state index contributed by atoms with van der Waals surface area (Å²) in [7, 11) is 0. The Bertz CT molecular complexity index is 890. The van der Waals surface area contributed by atoms with Gasteiger partial charge >= 0.3 is 12.0 Å². The molecule has 0 aromatic heterocycles. The molecule has 0 aromatic carbocycles. The second-order valence-electron chi connectivity index (χ2n) is 11.6. The number of fused-ring (bicyclic) bond motifs is 5. The molecule has 7 nitrogen and oxygen atoms in total. The second kappa shape index (κ2) is 8.81. The number of nitrogens with zero attached hydrogens (tertiary/aromatic N) is 3. The lowest BCUT2D eigenvalue weighted by Gasteiger charge is -2.57. The van der Waals surface area contributed by atoms with Crippen LogP contribution < -0.4 is 0 Å². The third-order valence-electron chi connectivity index (χ3n) is 9.64. The number of carbonyl (C=O) groups is 3. The summed E-state index contributed by atoms with van der Waals surface area (Å²) < 4.78 is 0. The molecule has 1 N–H and O–H groups in total. The van der Waals surface area contributed by atoms with Gasteiger partial charge in [-0.2, -0.15) is 0 Å². The van der Waals surface area contributed by atoms with Crippen molar-refractivity contribution in [2.75, 3.05) is 6.54 Å². The van der Waals surface area contributed by atoms with Crippen molar-refractivity contribution in [1.29, 1.82) is 0 Å². The number of hydrogen-bond acceptors (Lipinski definition) is 4. The van der Waals surface area contributed by atoms with Gasteiger partial charge in [0.15, 0.2) is 0 Å². The molecule has 3 heterocycles. The van der Waals surface area contributed by atoms with Gasteiger partial charge in [-0.3, -0.25) is 19.4 Å². The highest BCUT2D eigenvalue weighted by atomic mass is 16.4. The summed E-state index contributed by atoms with van der Waals surface area (Å²) in [4.78, 5) is 44.4. The molecule has 6 aliphatic rings. The van der Waals surface area contributed by atoms with Crippen molar-refractivity contribution in [3.8, 4) is 0 Å². The third kappa shape index (κ3) is 3.80. The summed E-state index contributed by atoms with van der Waals surface area (Å²) in [5.41, 5.74) is 0. The van der Waals surface area contributed by atoms with E-state index in [0.29, 0.717) is 18.1 Å². The van der Waals surface area contributed by atoms with Crippen LogP contribution in [-0.2, 0) is 9.59 Å². The number of amides is 3. The van der Waals surface area contributed by atoms with Gasteiger partial charge in [0, 0.05) is 24.2 Å². The van der Waals surface area contributed by atoms with E-state index in [-0.39, 0.29) is 18.5 Å². The molecule has 0 aromatic rings. The second-order valence-corrected chi connectivity index (χ2v) is 11.6. The molecular weight excluding hydrogens is 430 g/mol. The van der Waals surface area contributed by atoms with E-state index in [1.807, 2.05) is 12.2 Å². The van der Waals surface area contributed by atoms with Crippen LogP contribution in [0.5, 0.6) is 0 Å². The van der Waals surface area contributed by atoms with Gasteiger partial charge in [0.1, 0.15) is 6.54 Å². The zero-order chi connectivity index (χ0) is 23.4. The average molecular weight is 468 g/mol. The predicted octanol–water partition coefficient (Wildman–Crippen LogP) is 3.80. The number of rotatable bonds is 4. The maximum Gasteiger partial charge on any atom is 0.328 e. The van der Waals surface area contributed by atoms with Gasteiger partial charge in [-0.1, -0.05) is 50.0 Å². The van der Waals surface area contributed by atoms with Gasteiger partial charge in [0.05, 0.1) is 12.0 Å². The van der Waals surface area contributed by atoms with E-state index in [1.165, 1.54) is 54.7 Å². The SMILES string of the molecule is O=C(O)CN1C(=O)N([C@H]2C[C@H]3CCC[C@@H](C2)N3[C@H]2C[C@@H]3CCC[C@@H](C3)C2)C(=O)C2C=CC=CC21. The molecule has 6 rings (SSSR count). The summed E-state index contributed by atoms with van der Waals surface area (Å²) in [6, 6.07) is 0.457. The van der Waals surface area contributed by atoms with Crippen LogP contribution >= 0.6 is 0 Å². The third-order valence-corrected chi connectivity index (χ3v) is 9.64. The van der Waals surface area contributed by atoms with Crippen LogP contribution in [0.2, 0.25) is 0 Å². The number of carboxylic acids is 1. The molecule has 4 bridgehead atoms. The molecule has 34 heavy (non-hydrogen) atoms. The first-order chi connectivity index (χ1) is 16.5. The van der Waals surface area contributed by atoms with E-state index >= 15 is 0 Å². The van der Waals surface area contributed by atoms with Gasteiger partial charge in [0.2, 0.25) is 5.91 Å². The highest BCUT2D eigenvalue weighted by Gasteiger charge is 2.52. The van der Waals surface area contributed by atoms with Crippen LogP contribution in [0, 0.1) is 17.8 Å². The normalized spacial score (nSPS) is 42.0. The monoisotopic (exact) mass is 467 g/mol. The molecule has 3 amide bonds. The topological polar surface area (TPSA) is 81.2 Å². The largest absolute Gasteiger partial charge is 0.480 e. The minimum absolute atomic E-state index is 0.133. The van der Waals surface area contributed by atoms with E-state index in [1.54, 1.807) is 12.2 Å². The fourth-order valence-corrected chi connectivity index (χ4v) is 8.43. The molecule has 0 spiro atoms. The number of aliphatic carboxylic acids is 1. The Morgan fingerprint density at radius 2 is 1.47 bits per heavy atom. The van der Waals surface area contributed by atoms with E-state index in [4.69, 9.17) is 0 Å². The van der Waals surface area contributed by atoms with E-state index in [2.05, 4.69) is 4.90 Å². The summed E-state index contributed by atoms with van der Waals surface area (Å²) in [6.07, 6.45) is 20.7. The lowest BCUT2D eigenvalue weighted by Crippen LogP contribution is -2.68. The number of imide groups is 1. The van der Waals surface area contributed by atoms with Crippen molar-refractivity contribution < 1.29 is 19.5 Å². The zero-order valence-corrected chi connectivity index (χ0v) is 19.9. The predicted molar refractivity (Wildman–Crippen MR) is 127 cm³/mol. The number of carboxylic acid groups (broad SMARTS) is 1. The van der Waals surface area contributed by atoms with Gasteiger partial charge in [-0.15, -0.1) is 0 Å². The van der Waals surface area contributed by atoms with E-state index in [9.17, 15) is 19.5 Å². The van der Waals surface area contributed by atoms with E-state index < -0.39 is 24.0 Å². The molecule has 3 aliphatic heterocycles. The van der Waals surface area contributed by atoms with Crippen LogP contribution in [0.25, 0.3) is 0 Å². The Labute approximate surface area is 201 Å². The maximum atomic E-state index is 13.6. The highest BCUT2D eigenvalue weighted by Crippen LogP contribution is 2.47. The molecule has 7 heteroatoms. The number of hydrogen-bond donors (Lipinski definition) is 1. The van der Waals surface area contributed by atoms with Crippen molar-refractivity contribution >= 4 is 17.9 Å². The number of carbonyl (C=O) groups excluding carboxylic acids is 2. The smallest absolute Gasteiger partial charge is 0.328 e. The minimum Gasteiger partial charge on any atom is -0.480 e. The molecule has 8 atom stereocenters. The van der Waals surface area contributed by atoms with Crippen LogP contribution in [0.4, 0.5) is 4.79 Å². The van der Waals surface area contributed by atoms with Gasteiger partial charge in [0.25, 0.3) is 0 Å². The number of urea groups is 1. The lowest BCUT2D eigenvalue weighted by molar-refractivity contribution is -0.146. The molecule has 3 aliphatic carbocycles. The summed E-state index contributed by atoms with van der Waals surface area (Å²) in [5.74, 6) is 0.0835. The number of allylic oxidation sites excluding steroid dienone is 2. The standard InChI is InChI=1S/C27H37N3O4/c31-25(32)16-28-24-10-2-1-9-23(24)26(33)30(27(28)34)22-14-19-7-4-8-20(15-22)29(19)21-12-17-5-3-6-18(11-17)13-21/h1-2,9-10,17-24H,3-8,11-16H2,(H,31,32)/t17-,18+,19-,20+,21+,22+,23?,24?. The number of piperidine rings is 2. The highest BCUT2D eigenvalue weighted by molar-refractivity contribution is 6.01. The first-order valence-corrected chi connectivity index (χ1v) is 13.5. The fourth-order valence-electron chi connectivity index (χ4n) is 8.43. The van der Waals surface area contributed by atoms with Crippen LogP contribution in [-0.4, -0.2) is 74.5 Å². The van der Waals surface area contributed by atoms with Crippen LogP contribution in [0.3, 0.4) is 0 Å². The lowest BCUT2D eigenvalue weighted by atomic mass is 9.68. The molecular formula is C27H37N3O4. The molecule has 3 saturated heterocycles. The first kappa shape index (κ1) is 22.3. The molecule has 184 valence electrons. The molecule has 5 fully saturated rings. The Balaban J connectivity index is 1.24. The van der Waals surface area contributed by atoms with E-state index in [0.717, 1.165) is 37.5 Å². The van der Waals surface area contributed by atoms with Crippen molar-refractivity contribution in [2.45, 2.75) is 101 Å². The fraction of sp³-hybridized carbons (Fsp3) is 0.741. The zero-order valence-electron chi connectivity index (χ0n) is 19.9. The Morgan fingerprint density at radius 3 is 2.15 bits per heavy atom. The molecule has 0 radical (unpaired) electrons. The quantitative estimate of drug-likeness (QED) is 0.680. The van der Waals surface area contributed by atoms with Gasteiger partial charge in [-0.25, -0.2) is 4.79 Å². The van der Waals surface area contributed by atoms with Crippen molar-refractivity contribution in [2.24, 2.45) is 17.8 Å². The van der Waals surface area contributed by atoms with Crippen molar-refractivity contribution in [3.05, 3.63) is 24.3 Å². The Hall–Kier alpha value is -2.15. The van der Waals surface area contributed by atoms with Crippen molar-refractivity contribution in [3.63, 3.8) is 0 Å². The Morgan fingerprint density at radius 1 is 0.824 bits per heavy atom. The van der Waals surface area contributed by atoms with Crippen LogP contribution in [0.1, 0.15) is 70.6 Å². The Kier molecular flexibility index (Phi) is 5.79.